The summed E-state index contributed by atoms with van der Waals surface area (Å²) >= 11 is 0. The van der Waals surface area contributed by atoms with Gasteiger partial charge in [0, 0.05) is 29.2 Å². The lowest BCUT2D eigenvalue weighted by molar-refractivity contribution is 0.276. The summed E-state index contributed by atoms with van der Waals surface area (Å²) < 4.78 is 13.9. The summed E-state index contributed by atoms with van der Waals surface area (Å²) in [6.45, 7) is 1.66. The lowest BCUT2D eigenvalue weighted by Gasteiger charge is -2.19. The first-order chi connectivity index (χ1) is 11.0. The van der Waals surface area contributed by atoms with Crippen LogP contribution in [0.15, 0.2) is 36.4 Å². The number of nitriles is 1. The zero-order valence-corrected chi connectivity index (χ0v) is 12.9. The molecule has 116 valence electrons. The van der Waals surface area contributed by atoms with Crippen LogP contribution in [0.4, 0.5) is 15.9 Å². The van der Waals surface area contributed by atoms with Crippen molar-refractivity contribution in [2.75, 3.05) is 11.9 Å². The Balaban J connectivity index is 2.07. The van der Waals surface area contributed by atoms with Crippen molar-refractivity contribution in [1.29, 1.82) is 5.26 Å². The standard InChI is InChI=1S/C18H16FN3O/c1-11-15-6-3-12(9-20)7-17(15)21-18(11)22(2)14-5-4-13(10-23)16(19)8-14/h3-8,21,23H,10H2,1-2H3. The number of benzene rings is 2. The molecule has 0 saturated heterocycles. The third-order valence-corrected chi connectivity index (χ3v) is 4.09. The maximum Gasteiger partial charge on any atom is 0.130 e. The van der Waals surface area contributed by atoms with Crippen molar-refractivity contribution >= 4 is 22.4 Å². The zero-order chi connectivity index (χ0) is 16.6. The highest BCUT2D eigenvalue weighted by molar-refractivity contribution is 5.90. The third-order valence-electron chi connectivity index (χ3n) is 4.09. The van der Waals surface area contributed by atoms with Gasteiger partial charge in [-0.3, -0.25) is 0 Å². The van der Waals surface area contributed by atoms with E-state index in [0.29, 0.717) is 11.3 Å². The third kappa shape index (κ3) is 2.54. The Morgan fingerprint density at radius 3 is 2.70 bits per heavy atom. The highest BCUT2D eigenvalue weighted by Crippen LogP contribution is 2.32. The highest BCUT2D eigenvalue weighted by atomic mass is 19.1. The van der Waals surface area contributed by atoms with E-state index < -0.39 is 5.82 Å². The maximum absolute atomic E-state index is 13.9. The lowest BCUT2D eigenvalue weighted by atomic mass is 10.1. The number of aromatic amines is 1. The smallest absolute Gasteiger partial charge is 0.130 e. The van der Waals surface area contributed by atoms with Crippen LogP contribution >= 0.6 is 0 Å². The van der Waals surface area contributed by atoms with Crippen molar-refractivity contribution in [3.8, 4) is 6.07 Å². The minimum absolute atomic E-state index is 0.272. The van der Waals surface area contributed by atoms with Gasteiger partial charge in [0.15, 0.2) is 0 Å². The molecule has 0 radical (unpaired) electrons. The van der Waals surface area contributed by atoms with Gasteiger partial charge in [0.1, 0.15) is 11.6 Å². The molecular formula is C18H16FN3O. The first-order valence-corrected chi connectivity index (χ1v) is 7.20. The fourth-order valence-electron chi connectivity index (χ4n) is 2.73. The van der Waals surface area contributed by atoms with Crippen LogP contribution in [0.1, 0.15) is 16.7 Å². The molecule has 0 amide bonds. The van der Waals surface area contributed by atoms with E-state index >= 15 is 0 Å². The molecule has 3 aromatic rings. The summed E-state index contributed by atoms with van der Waals surface area (Å²) in [5, 5.41) is 19.1. The van der Waals surface area contributed by atoms with Gasteiger partial charge < -0.3 is 15.0 Å². The number of hydrogen-bond acceptors (Lipinski definition) is 3. The molecule has 2 N–H and O–H groups in total. The molecule has 0 bridgehead atoms. The van der Waals surface area contributed by atoms with Crippen molar-refractivity contribution in [3.05, 3.63) is 58.9 Å². The first kappa shape index (κ1) is 15.1. The zero-order valence-electron chi connectivity index (χ0n) is 12.9. The van der Waals surface area contributed by atoms with Crippen LogP contribution in [0.5, 0.6) is 0 Å². The van der Waals surface area contributed by atoms with E-state index in [4.69, 9.17) is 10.4 Å². The Kier molecular flexibility index (Phi) is 3.77. The van der Waals surface area contributed by atoms with Gasteiger partial charge in [-0.2, -0.15) is 5.26 Å². The van der Waals surface area contributed by atoms with Crippen LogP contribution in [-0.2, 0) is 6.61 Å². The van der Waals surface area contributed by atoms with Crippen LogP contribution in [0, 0.1) is 24.1 Å². The van der Waals surface area contributed by atoms with Gasteiger partial charge in [-0.15, -0.1) is 0 Å². The van der Waals surface area contributed by atoms with E-state index in [1.165, 1.54) is 6.07 Å². The van der Waals surface area contributed by atoms with E-state index in [9.17, 15) is 4.39 Å². The lowest BCUT2D eigenvalue weighted by Crippen LogP contribution is -2.11. The molecule has 0 spiro atoms. The number of nitrogens with zero attached hydrogens (tertiary/aromatic N) is 2. The summed E-state index contributed by atoms with van der Waals surface area (Å²) in [7, 11) is 1.84. The van der Waals surface area contributed by atoms with E-state index in [0.717, 1.165) is 22.3 Å². The van der Waals surface area contributed by atoms with Crippen molar-refractivity contribution in [2.24, 2.45) is 0 Å². The second kappa shape index (κ2) is 5.75. The quantitative estimate of drug-likeness (QED) is 0.774. The van der Waals surface area contributed by atoms with Crippen molar-refractivity contribution < 1.29 is 9.50 Å². The van der Waals surface area contributed by atoms with Crippen molar-refractivity contribution in [2.45, 2.75) is 13.5 Å². The number of aromatic nitrogens is 1. The van der Waals surface area contributed by atoms with E-state index in [1.807, 2.05) is 24.9 Å². The van der Waals surface area contributed by atoms with Gasteiger partial charge in [0.2, 0.25) is 0 Å². The number of aliphatic hydroxyl groups is 1. The van der Waals surface area contributed by atoms with Crippen LogP contribution in [0.2, 0.25) is 0 Å². The molecule has 5 heteroatoms. The predicted octanol–water partition coefficient (Wildman–Crippen LogP) is 3.75. The molecule has 0 saturated carbocycles. The van der Waals surface area contributed by atoms with Crippen molar-refractivity contribution in [3.63, 3.8) is 0 Å². The highest BCUT2D eigenvalue weighted by Gasteiger charge is 2.14. The van der Waals surface area contributed by atoms with Gasteiger partial charge in [-0.25, -0.2) is 4.39 Å². The summed E-state index contributed by atoms with van der Waals surface area (Å²) in [5.41, 5.74) is 3.44. The number of aliphatic hydroxyl groups excluding tert-OH is 1. The number of H-pyrrole nitrogens is 1. The number of aryl methyl sites for hydroxylation is 1. The molecule has 0 aliphatic rings. The molecule has 4 nitrogen and oxygen atoms in total. The van der Waals surface area contributed by atoms with Gasteiger partial charge in [-0.05, 0) is 36.8 Å². The number of hydrogen-bond donors (Lipinski definition) is 2. The van der Waals surface area contributed by atoms with Gasteiger partial charge in [0.05, 0.1) is 18.2 Å². The average molecular weight is 309 g/mol. The Morgan fingerprint density at radius 1 is 1.26 bits per heavy atom. The number of fused-ring (bicyclic) bond motifs is 1. The fraction of sp³-hybridized carbons (Fsp3) is 0.167. The SMILES string of the molecule is Cc1c(N(C)c2ccc(CO)c(F)c2)[nH]c2cc(C#N)ccc12. The monoisotopic (exact) mass is 309 g/mol. The van der Waals surface area contributed by atoms with Gasteiger partial charge >= 0.3 is 0 Å². The van der Waals surface area contributed by atoms with E-state index in [1.54, 1.807) is 24.3 Å². The molecule has 2 aromatic carbocycles. The molecule has 1 heterocycles. The second-order valence-corrected chi connectivity index (χ2v) is 5.46. The topological polar surface area (TPSA) is 63.0 Å². The number of rotatable bonds is 3. The summed E-state index contributed by atoms with van der Waals surface area (Å²) in [5.74, 6) is 0.406. The molecule has 0 unspecified atom stereocenters. The average Bonchev–Trinajstić information content (AvgIpc) is 2.90. The second-order valence-electron chi connectivity index (χ2n) is 5.46. The number of anilines is 2. The largest absolute Gasteiger partial charge is 0.392 e. The van der Waals surface area contributed by atoms with Crippen molar-refractivity contribution in [1.82, 2.24) is 4.98 Å². The normalized spacial score (nSPS) is 10.7. The van der Waals surface area contributed by atoms with Crippen LogP contribution in [-0.4, -0.2) is 17.1 Å². The summed E-state index contributed by atoms with van der Waals surface area (Å²) in [6, 6.07) is 12.4. The summed E-state index contributed by atoms with van der Waals surface area (Å²) in [6.07, 6.45) is 0. The molecule has 1 aromatic heterocycles. The molecule has 0 aliphatic heterocycles. The molecule has 0 fully saturated rings. The Bertz CT molecular complexity index is 924. The van der Waals surface area contributed by atoms with Crippen LogP contribution in [0.25, 0.3) is 10.9 Å². The van der Waals surface area contributed by atoms with Gasteiger partial charge in [0.25, 0.3) is 0 Å². The van der Waals surface area contributed by atoms with E-state index in [-0.39, 0.29) is 12.2 Å². The van der Waals surface area contributed by atoms with Crippen LogP contribution in [0.3, 0.4) is 0 Å². The first-order valence-electron chi connectivity index (χ1n) is 7.20. The number of nitrogens with one attached hydrogen (secondary N) is 1. The Hall–Kier alpha value is -2.84. The van der Waals surface area contributed by atoms with E-state index in [2.05, 4.69) is 11.1 Å². The molecule has 3 rings (SSSR count). The Morgan fingerprint density at radius 2 is 2.04 bits per heavy atom. The predicted molar refractivity (Wildman–Crippen MR) is 88.1 cm³/mol. The van der Waals surface area contributed by atoms with Crippen LogP contribution < -0.4 is 4.90 Å². The minimum atomic E-state index is -0.433. The maximum atomic E-state index is 13.9. The van der Waals surface area contributed by atoms with Gasteiger partial charge in [-0.1, -0.05) is 12.1 Å². The molecule has 0 aliphatic carbocycles. The summed E-state index contributed by atoms with van der Waals surface area (Å²) in [4.78, 5) is 5.14. The molecule has 0 atom stereocenters. The minimum Gasteiger partial charge on any atom is -0.392 e. The molecule has 23 heavy (non-hydrogen) atoms. The molecular weight excluding hydrogens is 293 g/mol. The Labute approximate surface area is 133 Å². The fourth-order valence-corrected chi connectivity index (χ4v) is 2.73. The number of halogens is 1.